The highest BCUT2D eigenvalue weighted by molar-refractivity contribution is 7.97. The van der Waals surface area contributed by atoms with Crippen molar-refractivity contribution in [3.63, 3.8) is 0 Å². The van der Waals surface area contributed by atoms with E-state index >= 15 is 0 Å². The van der Waals surface area contributed by atoms with Crippen molar-refractivity contribution in [3.8, 4) is 5.69 Å². The molecule has 2 aromatic carbocycles. The second-order valence-electron chi connectivity index (χ2n) is 6.25. The zero-order valence-electron chi connectivity index (χ0n) is 16.0. The summed E-state index contributed by atoms with van der Waals surface area (Å²) in [6.45, 7) is 11.7. The lowest BCUT2D eigenvalue weighted by Gasteiger charge is -2.15. The van der Waals surface area contributed by atoms with Gasteiger partial charge in [0.15, 0.2) is 0 Å². The molecular formula is C22H30N2S. The van der Waals surface area contributed by atoms with E-state index in [1.807, 2.05) is 13.8 Å². The molecule has 1 atom stereocenters. The lowest BCUT2D eigenvalue weighted by atomic mass is 10.0. The Morgan fingerprint density at radius 1 is 0.920 bits per heavy atom. The van der Waals surface area contributed by atoms with E-state index in [0.717, 1.165) is 6.54 Å². The average Bonchev–Trinajstić information content (AvgIpc) is 3.07. The van der Waals surface area contributed by atoms with Crippen LogP contribution in [-0.4, -0.2) is 16.4 Å². The van der Waals surface area contributed by atoms with Crippen LogP contribution >= 0.6 is 11.9 Å². The molecule has 1 unspecified atom stereocenters. The van der Waals surface area contributed by atoms with E-state index in [0.29, 0.717) is 11.2 Å². The number of hydrogen-bond acceptors (Lipinski definition) is 2. The van der Waals surface area contributed by atoms with Crippen molar-refractivity contribution in [1.29, 1.82) is 0 Å². The zero-order valence-corrected chi connectivity index (χ0v) is 16.8. The molecule has 0 aliphatic carbocycles. The normalized spacial score (nSPS) is 12.1. The molecule has 2 nitrogen and oxygen atoms in total. The molecule has 0 radical (unpaired) electrons. The molecule has 1 aromatic heterocycles. The number of para-hydroxylation sites is 1. The van der Waals surface area contributed by atoms with Gasteiger partial charge < -0.3 is 4.57 Å². The van der Waals surface area contributed by atoms with Gasteiger partial charge in [0.2, 0.25) is 0 Å². The summed E-state index contributed by atoms with van der Waals surface area (Å²) < 4.78 is 5.71. The topological polar surface area (TPSA) is 17.0 Å². The number of fused-ring (bicyclic) bond motifs is 1. The number of hydrogen-bond donors (Lipinski definition) is 1. The SMILES string of the molecule is CC.CC(C)SNCC(C)c1ccc(-n2ccc3ccccc32)cc1. The number of nitrogens with zero attached hydrogens (tertiary/aromatic N) is 1. The van der Waals surface area contributed by atoms with Crippen molar-refractivity contribution in [2.24, 2.45) is 0 Å². The van der Waals surface area contributed by atoms with Crippen LogP contribution in [0, 0.1) is 0 Å². The molecule has 25 heavy (non-hydrogen) atoms. The highest BCUT2D eigenvalue weighted by Gasteiger charge is 2.07. The van der Waals surface area contributed by atoms with Crippen LogP contribution in [0.2, 0.25) is 0 Å². The van der Waals surface area contributed by atoms with E-state index in [1.54, 1.807) is 11.9 Å². The Morgan fingerprint density at radius 2 is 1.60 bits per heavy atom. The standard InChI is InChI=1S/C20H24N2S.C2H6/c1-15(2)23-21-14-16(3)17-8-10-19(11-9-17)22-13-12-18-6-4-5-7-20(18)22;1-2/h4-13,15-16,21H,14H2,1-3H3;1-2H3. The van der Waals surface area contributed by atoms with Gasteiger partial charge in [0.1, 0.15) is 0 Å². The van der Waals surface area contributed by atoms with Crippen LogP contribution in [0.15, 0.2) is 60.8 Å². The quantitative estimate of drug-likeness (QED) is 0.515. The summed E-state index contributed by atoms with van der Waals surface area (Å²) in [7, 11) is 0. The van der Waals surface area contributed by atoms with Gasteiger partial charge >= 0.3 is 0 Å². The third-order valence-electron chi connectivity index (χ3n) is 4.05. The van der Waals surface area contributed by atoms with E-state index in [4.69, 9.17) is 0 Å². The zero-order chi connectivity index (χ0) is 18.2. The Balaban J connectivity index is 0.00000109. The second-order valence-corrected chi connectivity index (χ2v) is 7.72. The Hall–Kier alpha value is -1.71. The van der Waals surface area contributed by atoms with Crippen molar-refractivity contribution in [1.82, 2.24) is 9.29 Å². The van der Waals surface area contributed by atoms with Crippen molar-refractivity contribution < 1.29 is 0 Å². The Bertz CT molecular complexity index is 759. The summed E-state index contributed by atoms with van der Waals surface area (Å²) in [5.74, 6) is 0.511. The fraction of sp³-hybridized carbons (Fsp3) is 0.364. The highest BCUT2D eigenvalue weighted by Crippen LogP contribution is 2.22. The maximum Gasteiger partial charge on any atom is 0.0528 e. The van der Waals surface area contributed by atoms with Gasteiger partial charge in [-0.1, -0.05) is 76.9 Å². The van der Waals surface area contributed by atoms with Gasteiger partial charge in [-0.3, -0.25) is 4.72 Å². The fourth-order valence-corrected chi connectivity index (χ4v) is 3.41. The van der Waals surface area contributed by atoms with Crippen LogP contribution in [0.3, 0.4) is 0 Å². The van der Waals surface area contributed by atoms with E-state index in [2.05, 4.69) is 90.9 Å². The van der Waals surface area contributed by atoms with Crippen LogP contribution < -0.4 is 4.72 Å². The Labute approximate surface area is 156 Å². The molecule has 1 heterocycles. The summed E-state index contributed by atoms with van der Waals surface area (Å²) in [6, 6.07) is 19.6. The van der Waals surface area contributed by atoms with Gasteiger partial charge in [0.05, 0.1) is 5.52 Å². The van der Waals surface area contributed by atoms with Crippen LogP contribution in [0.4, 0.5) is 0 Å². The van der Waals surface area contributed by atoms with Crippen LogP contribution in [0.5, 0.6) is 0 Å². The molecule has 0 bridgehead atoms. The summed E-state index contributed by atoms with van der Waals surface area (Å²) in [6.07, 6.45) is 2.14. The first-order valence-corrected chi connectivity index (χ1v) is 10.1. The van der Waals surface area contributed by atoms with Crippen molar-refractivity contribution >= 4 is 22.9 Å². The maximum atomic E-state index is 3.46. The van der Waals surface area contributed by atoms with Gasteiger partial charge in [-0.05, 0) is 41.1 Å². The lowest BCUT2D eigenvalue weighted by Crippen LogP contribution is -2.15. The fourth-order valence-electron chi connectivity index (χ4n) is 2.73. The molecule has 1 N–H and O–H groups in total. The first kappa shape index (κ1) is 19.6. The number of benzene rings is 2. The molecule has 0 fully saturated rings. The molecule has 0 spiro atoms. The van der Waals surface area contributed by atoms with Crippen molar-refractivity contribution in [2.75, 3.05) is 6.54 Å². The molecule has 0 saturated heterocycles. The van der Waals surface area contributed by atoms with Crippen molar-refractivity contribution in [2.45, 2.75) is 45.8 Å². The summed E-state index contributed by atoms with van der Waals surface area (Å²) in [5, 5.41) is 1.89. The molecule has 0 amide bonds. The average molecular weight is 355 g/mol. The van der Waals surface area contributed by atoms with Gasteiger partial charge in [0, 0.05) is 23.7 Å². The molecule has 0 saturated carbocycles. The Morgan fingerprint density at radius 3 is 2.28 bits per heavy atom. The third kappa shape index (κ3) is 5.13. The minimum atomic E-state index is 0.511. The summed E-state index contributed by atoms with van der Waals surface area (Å²) in [4.78, 5) is 0. The molecule has 134 valence electrons. The first-order chi connectivity index (χ1) is 12.1. The molecule has 3 rings (SSSR count). The third-order valence-corrected chi connectivity index (χ3v) is 4.85. The molecule has 0 aliphatic rings. The van der Waals surface area contributed by atoms with Crippen LogP contribution in [-0.2, 0) is 0 Å². The molecule has 3 heteroatoms. The van der Waals surface area contributed by atoms with Crippen LogP contribution in [0.1, 0.15) is 46.1 Å². The van der Waals surface area contributed by atoms with E-state index in [-0.39, 0.29) is 0 Å². The predicted molar refractivity (Wildman–Crippen MR) is 114 cm³/mol. The maximum absolute atomic E-state index is 3.46. The van der Waals surface area contributed by atoms with Gasteiger partial charge in [-0.2, -0.15) is 0 Å². The second kappa shape index (κ2) is 9.69. The smallest absolute Gasteiger partial charge is 0.0528 e. The van der Waals surface area contributed by atoms with E-state index in [1.165, 1.54) is 22.2 Å². The van der Waals surface area contributed by atoms with Gasteiger partial charge in [-0.15, -0.1) is 0 Å². The highest BCUT2D eigenvalue weighted by atomic mass is 32.2. The van der Waals surface area contributed by atoms with Crippen molar-refractivity contribution in [3.05, 3.63) is 66.4 Å². The first-order valence-electron chi connectivity index (χ1n) is 9.20. The van der Waals surface area contributed by atoms with Gasteiger partial charge in [0.25, 0.3) is 0 Å². The largest absolute Gasteiger partial charge is 0.317 e. The Kier molecular flexibility index (Phi) is 7.60. The lowest BCUT2D eigenvalue weighted by molar-refractivity contribution is 0.739. The van der Waals surface area contributed by atoms with E-state index < -0.39 is 0 Å². The molecular weight excluding hydrogens is 324 g/mol. The van der Waals surface area contributed by atoms with E-state index in [9.17, 15) is 0 Å². The molecule has 0 aliphatic heterocycles. The summed E-state index contributed by atoms with van der Waals surface area (Å²) in [5.41, 5.74) is 3.84. The predicted octanol–water partition coefficient (Wildman–Crippen LogP) is 6.41. The summed E-state index contributed by atoms with van der Waals surface area (Å²) >= 11 is 1.80. The monoisotopic (exact) mass is 354 g/mol. The molecule has 3 aromatic rings. The number of nitrogens with one attached hydrogen (secondary N) is 1. The minimum absolute atomic E-state index is 0.511. The minimum Gasteiger partial charge on any atom is -0.317 e. The van der Waals surface area contributed by atoms with Crippen LogP contribution in [0.25, 0.3) is 16.6 Å². The number of rotatable bonds is 6. The number of aromatic nitrogens is 1. The van der Waals surface area contributed by atoms with Gasteiger partial charge in [-0.25, -0.2) is 0 Å².